The summed E-state index contributed by atoms with van der Waals surface area (Å²) in [5.41, 5.74) is 0. The number of aliphatic imine (C=N–C) groups is 1. The van der Waals surface area contributed by atoms with Gasteiger partial charge in [-0.25, -0.2) is 0 Å². The number of guanidine groups is 1. The van der Waals surface area contributed by atoms with Crippen molar-refractivity contribution >= 4 is 17.3 Å². The number of thiophene rings is 1. The van der Waals surface area contributed by atoms with Gasteiger partial charge in [0.15, 0.2) is 5.96 Å². The zero-order valence-corrected chi connectivity index (χ0v) is 17.1. The van der Waals surface area contributed by atoms with Crippen molar-refractivity contribution < 1.29 is 9.47 Å². The highest BCUT2D eigenvalue weighted by Crippen LogP contribution is 2.28. The number of hydrogen-bond donors (Lipinski definition) is 1. The molecule has 2 fully saturated rings. The van der Waals surface area contributed by atoms with Gasteiger partial charge in [0.05, 0.1) is 25.9 Å². The molecule has 0 bridgehead atoms. The van der Waals surface area contributed by atoms with Crippen LogP contribution in [0.4, 0.5) is 0 Å². The molecule has 1 aromatic rings. The van der Waals surface area contributed by atoms with Gasteiger partial charge in [-0.05, 0) is 25.5 Å². The molecule has 2 unspecified atom stereocenters. The summed E-state index contributed by atoms with van der Waals surface area (Å²) in [4.78, 5) is 12.0. The van der Waals surface area contributed by atoms with E-state index in [0.717, 1.165) is 65.0 Å². The van der Waals surface area contributed by atoms with E-state index in [2.05, 4.69) is 46.2 Å². The molecule has 7 heteroatoms. The van der Waals surface area contributed by atoms with Crippen LogP contribution in [0.15, 0.2) is 17.1 Å². The van der Waals surface area contributed by atoms with E-state index in [1.165, 1.54) is 9.75 Å². The lowest BCUT2D eigenvalue weighted by atomic mass is 10.1. The molecular weight excluding hydrogens is 348 g/mol. The Morgan fingerprint density at radius 1 is 1.35 bits per heavy atom. The third-order valence-corrected chi connectivity index (χ3v) is 6.26. The van der Waals surface area contributed by atoms with Crippen molar-refractivity contribution in [2.24, 2.45) is 10.9 Å². The Balaban J connectivity index is 1.61. The van der Waals surface area contributed by atoms with Gasteiger partial charge in [-0.15, -0.1) is 11.3 Å². The fraction of sp³-hybridized carbons (Fsp3) is 0.737. The fourth-order valence-corrected chi connectivity index (χ4v) is 4.72. The summed E-state index contributed by atoms with van der Waals surface area (Å²) in [5, 5.41) is 3.61. The second-order valence-electron chi connectivity index (χ2n) is 7.15. The van der Waals surface area contributed by atoms with E-state index in [0.29, 0.717) is 12.0 Å². The second kappa shape index (κ2) is 9.69. The number of hydrogen-bond acceptors (Lipinski definition) is 5. The third-order valence-electron chi connectivity index (χ3n) is 5.16. The summed E-state index contributed by atoms with van der Waals surface area (Å²) in [6, 6.07) is 4.84. The maximum atomic E-state index is 5.55. The Hall–Kier alpha value is -1.15. The van der Waals surface area contributed by atoms with E-state index < -0.39 is 0 Å². The Labute approximate surface area is 161 Å². The molecule has 2 aliphatic rings. The topological polar surface area (TPSA) is 49.3 Å². The van der Waals surface area contributed by atoms with Gasteiger partial charge >= 0.3 is 0 Å². The summed E-state index contributed by atoms with van der Waals surface area (Å²) in [6.07, 6.45) is 1.15. The quantitative estimate of drug-likeness (QED) is 0.604. The normalized spacial score (nSPS) is 23.2. The van der Waals surface area contributed by atoms with Crippen LogP contribution >= 0.6 is 11.3 Å². The molecular formula is C19H32N4O2S. The van der Waals surface area contributed by atoms with Crippen LogP contribution in [0.3, 0.4) is 0 Å². The molecule has 0 amide bonds. The summed E-state index contributed by atoms with van der Waals surface area (Å²) >= 11 is 1.89. The molecule has 3 rings (SSSR count). The molecule has 0 aliphatic carbocycles. The number of nitrogens with one attached hydrogen (secondary N) is 1. The Morgan fingerprint density at radius 3 is 2.77 bits per heavy atom. The minimum atomic E-state index is 0.359. The van der Waals surface area contributed by atoms with Crippen molar-refractivity contribution in [2.75, 3.05) is 66.7 Å². The highest BCUT2D eigenvalue weighted by Gasteiger charge is 2.25. The molecule has 2 atom stereocenters. The van der Waals surface area contributed by atoms with Crippen molar-refractivity contribution in [3.63, 3.8) is 0 Å². The first-order valence-corrected chi connectivity index (χ1v) is 10.4. The minimum absolute atomic E-state index is 0.359. The molecule has 6 nitrogen and oxygen atoms in total. The number of ether oxygens (including phenoxy) is 2. The van der Waals surface area contributed by atoms with Gasteiger partial charge in [-0.3, -0.25) is 9.89 Å². The lowest BCUT2D eigenvalue weighted by Gasteiger charge is -2.35. The smallest absolute Gasteiger partial charge is 0.193 e. The molecule has 0 radical (unpaired) electrons. The van der Waals surface area contributed by atoms with E-state index in [1.807, 2.05) is 18.4 Å². The highest BCUT2D eigenvalue weighted by atomic mass is 32.1. The molecule has 26 heavy (non-hydrogen) atoms. The predicted molar refractivity (Wildman–Crippen MR) is 107 cm³/mol. The van der Waals surface area contributed by atoms with Crippen molar-refractivity contribution in [2.45, 2.75) is 19.4 Å². The Kier molecular flexibility index (Phi) is 7.31. The number of morpholine rings is 1. The Morgan fingerprint density at radius 2 is 2.15 bits per heavy atom. The molecule has 0 saturated carbocycles. The van der Waals surface area contributed by atoms with Crippen LogP contribution in [0.1, 0.15) is 22.2 Å². The van der Waals surface area contributed by atoms with Gasteiger partial charge in [0.25, 0.3) is 0 Å². The van der Waals surface area contributed by atoms with Crippen LogP contribution in [-0.2, 0) is 9.47 Å². The van der Waals surface area contributed by atoms with Crippen molar-refractivity contribution in [1.29, 1.82) is 0 Å². The van der Waals surface area contributed by atoms with Crippen LogP contribution in [0.5, 0.6) is 0 Å². The van der Waals surface area contributed by atoms with E-state index in [1.54, 1.807) is 0 Å². The van der Waals surface area contributed by atoms with Gasteiger partial charge in [0.1, 0.15) is 0 Å². The van der Waals surface area contributed by atoms with Gasteiger partial charge < -0.3 is 19.7 Å². The SMILES string of the molecule is CN=C(NCC(c1ccc(C)s1)N1CCOCC1)N(C)CC1CCOC1. The minimum Gasteiger partial charge on any atom is -0.381 e. The zero-order chi connectivity index (χ0) is 18.4. The Bertz CT molecular complexity index is 580. The van der Waals surface area contributed by atoms with E-state index in [9.17, 15) is 0 Å². The lowest BCUT2D eigenvalue weighted by Crippen LogP contribution is -2.47. The van der Waals surface area contributed by atoms with E-state index in [4.69, 9.17) is 9.47 Å². The molecule has 1 aromatic heterocycles. The van der Waals surface area contributed by atoms with Crippen molar-refractivity contribution in [3.05, 3.63) is 21.9 Å². The second-order valence-corrected chi connectivity index (χ2v) is 8.47. The largest absolute Gasteiger partial charge is 0.381 e. The molecule has 2 saturated heterocycles. The standard InChI is InChI=1S/C19H32N4O2S/c1-15-4-5-18(26-15)17(23-7-10-24-11-8-23)12-21-19(20-2)22(3)13-16-6-9-25-14-16/h4-5,16-17H,6-14H2,1-3H3,(H,20,21). The molecule has 0 spiro atoms. The number of aryl methyl sites for hydroxylation is 1. The van der Waals surface area contributed by atoms with Gasteiger partial charge in [0, 0.05) is 62.6 Å². The lowest BCUT2D eigenvalue weighted by molar-refractivity contribution is 0.0176. The van der Waals surface area contributed by atoms with E-state index in [-0.39, 0.29) is 0 Å². The fourth-order valence-electron chi connectivity index (χ4n) is 3.71. The van der Waals surface area contributed by atoms with Gasteiger partial charge in [-0.2, -0.15) is 0 Å². The predicted octanol–water partition coefficient (Wildman–Crippen LogP) is 1.97. The van der Waals surface area contributed by atoms with Crippen LogP contribution in [0.2, 0.25) is 0 Å². The first kappa shape index (κ1) is 19.6. The van der Waals surface area contributed by atoms with Crippen LogP contribution < -0.4 is 5.32 Å². The van der Waals surface area contributed by atoms with Crippen LogP contribution in [0.25, 0.3) is 0 Å². The molecule has 1 N–H and O–H groups in total. The van der Waals surface area contributed by atoms with Crippen molar-refractivity contribution in [1.82, 2.24) is 15.1 Å². The molecule has 146 valence electrons. The highest BCUT2D eigenvalue weighted by molar-refractivity contribution is 7.12. The maximum absolute atomic E-state index is 5.55. The van der Waals surface area contributed by atoms with Crippen molar-refractivity contribution in [3.8, 4) is 0 Å². The summed E-state index contributed by atoms with van der Waals surface area (Å²) in [6.45, 7) is 9.38. The van der Waals surface area contributed by atoms with E-state index >= 15 is 0 Å². The molecule has 0 aromatic carbocycles. The summed E-state index contributed by atoms with van der Waals surface area (Å²) in [5.74, 6) is 1.57. The average Bonchev–Trinajstić information content (AvgIpc) is 3.31. The number of rotatable bonds is 6. The molecule has 2 aliphatic heterocycles. The first-order chi connectivity index (χ1) is 12.7. The van der Waals surface area contributed by atoms with Crippen LogP contribution in [-0.4, -0.2) is 82.5 Å². The van der Waals surface area contributed by atoms with Crippen LogP contribution in [0, 0.1) is 12.8 Å². The van der Waals surface area contributed by atoms with Gasteiger partial charge in [-0.1, -0.05) is 0 Å². The van der Waals surface area contributed by atoms with Gasteiger partial charge in [0.2, 0.25) is 0 Å². The first-order valence-electron chi connectivity index (χ1n) is 9.55. The third kappa shape index (κ3) is 5.19. The zero-order valence-electron chi connectivity index (χ0n) is 16.2. The molecule has 3 heterocycles. The maximum Gasteiger partial charge on any atom is 0.193 e. The number of nitrogens with zero attached hydrogens (tertiary/aromatic N) is 3. The summed E-state index contributed by atoms with van der Waals surface area (Å²) < 4.78 is 11.1. The average molecular weight is 381 g/mol. The summed E-state index contributed by atoms with van der Waals surface area (Å²) in [7, 11) is 3.98. The monoisotopic (exact) mass is 380 g/mol.